The zero-order chi connectivity index (χ0) is 27.7. The van der Waals surface area contributed by atoms with Crippen LogP contribution in [0.25, 0.3) is 10.9 Å². The molecule has 1 aliphatic rings. The minimum atomic E-state index is -0.971. The number of benzene rings is 3. The highest BCUT2D eigenvalue weighted by atomic mass is 19.2. The molecule has 39 heavy (non-hydrogen) atoms. The van der Waals surface area contributed by atoms with Gasteiger partial charge in [0.05, 0.1) is 12.0 Å². The number of anilines is 1. The largest absolute Gasteiger partial charge is 0.490 e. The smallest absolute Gasteiger partial charge is 0.310 e. The lowest BCUT2D eigenvalue weighted by molar-refractivity contribution is -0.385. The molecular weight excluding hydrogens is 510 g/mol. The Balaban J connectivity index is 1.19. The number of nitrogens with zero attached hydrogens (tertiary/aromatic N) is 2. The average Bonchev–Trinajstić information content (AvgIpc) is 3.35. The number of carbonyl (C=O) groups excluding carboxylic acids is 2. The summed E-state index contributed by atoms with van der Waals surface area (Å²) in [4.78, 5) is 40.7. The molecule has 2 amide bonds. The number of carbonyl (C=O) groups is 2. The lowest BCUT2D eigenvalue weighted by Crippen LogP contribution is -2.38. The van der Waals surface area contributed by atoms with Crippen LogP contribution in [-0.2, 0) is 0 Å². The third-order valence-corrected chi connectivity index (χ3v) is 6.95. The molecule has 0 saturated carbocycles. The van der Waals surface area contributed by atoms with Crippen LogP contribution >= 0.6 is 0 Å². The number of nitro groups is 1. The summed E-state index contributed by atoms with van der Waals surface area (Å²) in [6.45, 7) is 1.06. The van der Waals surface area contributed by atoms with Gasteiger partial charge in [0, 0.05) is 53.4 Å². The fourth-order valence-corrected chi connectivity index (χ4v) is 4.84. The Kier molecular flexibility index (Phi) is 6.97. The number of rotatable bonds is 6. The van der Waals surface area contributed by atoms with E-state index in [1.807, 2.05) is 12.1 Å². The fraction of sp³-hybridized carbons (Fsp3) is 0.214. The molecule has 0 spiro atoms. The Bertz CT molecular complexity index is 1540. The quantitative estimate of drug-likeness (QED) is 0.245. The van der Waals surface area contributed by atoms with Gasteiger partial charge in [-0.3, -0.25) is 19.7 Å². The van der Waals surface area contributed by atoms with Crippen molar-refractivity contribution in [2.45, 2.75) is 18.8 Å². The molecule has 2 N–H and O–H groups in total. The standard InChI is InChI=1S/C28H24F2N4O5/c1-39-26-14-18(4-7-25(26)34(37)38)27(35)31-20-5-2-16(3-6-20)17-8-10-33(11-9-17)28(36)24-13-19-12-21(29)22(30)15-23(19)32-24/h2-7,12-15,17,32H,8-11H2,1H3,(H,31,35). The zero-order valence-electron chi connectivity index (χ0n) is 20.9. The van der Waals surface area contributed by atoms with E-state index in [1.165, 1.54) is 31.4 Å². The van der Waals surface area contributed by atoms with E-state index in [2.05, 4.69) is 10.3 Å². The SMILES string of the molecule is COc1cc(C(=O)Nc2ccc(C3CCN(C(=O)c4cc5cc(F)c(F)cc5[nH]4)CC3)cc2)ccc1[N+](=O)[O-]. The third-order valence-electron chi connectivity index (χ3n) is 6.95. The molecule has 0 radical (unpaired) electrons. The minimum Gasteiger partial charge on any atom is -0.490 e. The van der Waals surface area contributed by atoms with E-state index in [-0.39, 0.29) is 28.8 Å². The summed E-state index contributed by atoms with van der Waals surface area (Å²) in [6, 6.07) is 15.0. The first-order valence-electron chi connectivity index (χ1n) is 12.2. The normalized spacial score (nSPS) is 13.9. The van der Waals surface area contributed by atoms with Crippen molar-refractivity contribution in [2.75, 3.05) is 25.5 Å². The van der Waals surface area contributed by atoms with E-state index in [9.17, 15) is 28.5 Å². The number of hydrogen-bond acceptors (Lipinski definition) is 5. The number of methoxy groups -OCH3 is 1. The Morgan fingerprint density at radius 1 is 1.03 bits per heavy atom. The first kappa shape index (κ1) is 25.8. The van der Waals surface area contributed by atoms with Crippen molar-refractivity contribution in [1.82, 2.24) is 9.88 Å². The second-order valence-electron chi connectivity index (χ2n) is 9.32. The second kappa shape index (κ2) is 10.5. The van der Waals surface area contributed by atoms with Crippen LogP contribution in [0, 0.1) is 21.7 Å². The second-order valence-corrected chi connectivity index (χ2v) is 9.32. The molecule has 0 bridgehead atoms. The van der Waals surface area contributed by atoms with E-state index in [0.29, 0.717) is 35.4 Å². The van der Waals surface area contributed by atoms with E-state index >= 15 is 0 Å². The number of aromatic nitrogens is 1. The molecule has 1 aliphatic heterocycles. The molecule has 11 heteroatoms. The van der Waals surface area contributed by atoms with E-state index in [1.54, 1.807) is 17.0 Å². The van der Waals surface area contributed by atoms with E-state index < -0.39 is 22.5 Å². The fourth-order valence-electron chi connectivity index (χ4n) is 4.84. The predicted molar refractivity (Wildman–Crippen MR) is 140 cm³/mol. The minimum absolute atomic E-state index is 0.000145. The van der Waals surface area contributed by atoms with Crippen LogP contribution in [0.3, 0.4) is 0 Å². The summed E-state index contributed by atoms with van der Waals surface area (Å²) in [6.07, 6.45) is 1.48. The number of aromatic amines is 1. The molecule has 3 aromatic carbocycles. The number of amides is 2. The van der Waals surface area contributed by atoms with Gasteiger partial charge in [0.25, 0.3) is 11.8 Å². The highest BCUT2D eigenvalue weighted by Gasteiger charge is 2.26. The van der Waals surface area contributed by atoms with Crippen molar-refractivity contribution in [2.24, 2.45) is 0 Å². The van der Waals surface area contributed by atoms with Crippen molar-refractivity contribution in [3.05, 3.63) is 99.2 Å². The highest BCUT2D eigenvalue weighted by molar-refractivity contribution is 6.04. The number of nitrogens with one attached hydrogen (secondary N) is 2. The molecule has 0 atom stereocenters. The van der Waals surface area contributed by atoms with Crippen molar-refractivity contribution in [3.63, 3.8) is 0 Å². The molecule has 1 aromatic heterocycles. The summed E-state index contributed by atoms with van der Waals surface area (Å²) in [5.41, 5.74) is 2.31. The maximum Gasteiger partial charge on any atom is 0.310 e. The number of H-pyrrole nitrogens is 1. The Labute approximate surface area is 221 Å². The van der Waals surface area contributed by atoms with E-state index in [4.69, 9.17) is 4.74 Å². The number of ether oxygens (including phenoxy) is 1. The van der Waals surface area contributed by atoms with Gasteiger partial charge in [0.1, 0.15) is 5.69 Å². The molecule has 1 saturated heterocycles. The monoisotopic (exact) mass is 534 g/mol. The van der Waals surface area contributed by atoms with Crippen molar-refractivity contribution < 1.29 is 28.0 Å². The van der Waals surface area contributed by atoms with Crippen LogP contribution in [0.2, 0.25) is 0 Å². The lowest BCUT2D eigenvalue weighted by atomic mass is 9.89. The van der Waals surface area contributed by atoms with Crippen LogP contribution in [0.4, 0.5) is 20.2 Å². The van der Waals surface area contributed by atoms with Crippen LogP contribution in [0.15, 0.2) is 60.7 Å². The van der Waals surface area contributed by atoms with Crippen molar-refractivity contribution in [3.8, 4) is 5.75 Å². The molecule has 0 aliphatic carbocycles. The lowest BCUT2D eigenvalue weighted by Gasteiger charge is -2.32. The van der Waals surface area contributed by atoms with Gasteiger partial charge in [-0.25, -0.2) is 8.78 Å². The van der Waals surface area contributed by atoms with Gasteiger partial charge >= 0.3 is 5.69 Å². The average molecular weight is 535 g/mol. The number of hydrogen-bond donors (Lipinski definition) is 2. The first-order chi connectivity index (χ1) is 18.7. The number of nitro benzene ring substituents is 1. The maximum absolute atomic E-state index is 13.5. The molecule has 5 rings (SSSR count). The number of halogens is 2. The van der Waals surface area contributed by atoms with E-state index in [0.717, 1.165) is 30.5 Å². The molecule has 1 fully saturated rings. The summed E-state index contributed by atoms with van der Waals surface area (Å²) in [7, 11) is 1.30. The maximum atomic E-state index is 13.5. The number of likely N-dealkylation sites (tertiary alicyclic amines) is 1. The molecular formula is C28H24F2N4O5. The van der Waals surface area contributed by atoms with Gasteiger partial charge in [-0.1, -0.05) is 12.1 Å². The molecule has 200 valence electrons. The van der Waals surface area contributed by atoms with Crippen LogP contribution in [0.5, 0.6) is 5.75 Å². The molecule has 2 heterocycles. The highest BCUT2D eigenvalue weighted by Crippen LogP contribution is 2.31. The molecule has 9 nitrogen and oxygen atoms in total. The molecule has 4 aromatic rings. The van der Waals surface area contributed by atoms with Gasteiger partial charge in [0.2, 0.25) is 0 Å². The van der Waals surface area contributed by atoms with Gasteiger partial charge < -0.3 is 19.9 Å². The first-order valence-corrected chi connectivity index (χ1v) is 12.2. The van der Waals surface area contributed by atoms with Gasteiger partial charge in [-0.2, -0.15) is 0 Å². The third kappa shape index (κ3) is 5.28. The summed E-state index contributed by atoms with van der Waals surface area (Å²) < 4.78 is 32.1. The summed E-state index contributed by atoms with van der Waals surface area (Å²) >= 11 is 0. The predicted octanol–water partition coefficient (Wildman–Crippen LogP) is 5.64. The van der Waals surface area contributed by atoms with Gasteiger partial charge in [-0.15, -0.1) is 0 Å². The zero-order valence-corrected chi connectivity index (χ0v) is 20.9. The molecule has 0 unspecified atom stereocenters. The topological polar surface area (TPSA) is 118 Å². The van der Waals surface area contributed by atoms with Crippen LogP contribution in [-0.4, -0.2) is 46.8 Å². The van der Waals surface area contributed by atoms with Gasteiger partial charge in [0.15, 0.2) is 17.4 Å². The summed E-state index contributed by atoms with van der Waals surface area (Å²) in [5.74, 6) is -2.35. The Morgan fingerprint density at radius 2 is 1.72 bits per heavy atom. The van der Waals surface area contributed by atoms with Gasteiger partial charge in [-0.05, 0) is 54.7 Å². The van der Waals surface area contributed by atoms with Crippen molar-refractivity contribution >= 4 is 34.1 Å². The number of fused-ring (bicyclic) bond motifs is 1. The summed E-state index contributed by atoms with van der Waals surface area (Å²) in [5, 5.41) is 14.3. The van der Waals surface area contributed by atoms with Crippen LogP contribution < -0.4 is 10.1 Å². The number of piperidine rings is 1. The Hall–Kier alpha value is -4.80. The van der Waals surface area contributed by atoms with Crippen molar-refractivity contribution in [1.29, 1.82) is 0 Å². The Morgan fingerprint density at radius 3 is 2.38 bits per heavy atom. The van der Waals surface area contributed by atoms with Crippen LogP contribution in [0.1, 0.15) is 45.2 Å².